The fraction of sp³-hybridized carbons (Fsp3) is 0.0769. The summed E-state index contributed by atoms with van der Waals surface area (Å²) < 4.78 is 0. The smallest absolute Gasteiger partial charge is 0.140 e. The molecule has 0 saturated heterocycles. The number of nitrogens with zero attached hydrogens (tertiary/aromatic N) is 1. The highest BCUT2D eigenvalue weighted by Gasteiger charge is 2.10. The Labute approximate surface area is 116 Å². The Balaban J connectivity index is 2.44. The van der Waals surface area contributed by atoms with Gasteiger partial charge in [-0.3, -0.25) is 0 Å². The van der Waals surface area contributed by atoms with E-state index < -0.39 is 0 Å². The molecule has 0 radical (unpaired) electrons. The Kier molecular flexibility index (Phi) is 3.79. The van der Waals surface area contributed by atoms with E-state index >= 15 is 0 Å². The van der Waals surface area contributed by atoms with E-state index in [-0.39, 0.29) is 0 Å². The predicted octanol–water partition coefficient (Wildman–Crippen LogP) is 3.42. The molecule has 0 aliphatic rings. The van der Waals surface area contributed by atoms with E-state index in [1.54, 1.807) is 12.3 Å². The fourth-order valence-corrected chi connectivity index (χ4v) is 2.09. The van der Waals surface area contributed by atoms with E-state index in [9.17, 15) is 0 Å². The molecule has 0 unspecified atom stereocenters. The highest BCUT2D eigenvalue weighted by Crippen LogP contribution is 2.26. The van der Waals surface area contributed by atoms with Crippen molar-refractivity contribution in [1.82, 2.24) is 4.98 Å². The van der Waals surface area contributed by atoms with Crippen molar-refractivity contribution in [1.29, 1.82) is 0 Å². The van der Waals surface area contributed by atoms with Crippen molar-refractivity contribution in [2.45, 2.75) is 6.92 Å². The average molecular weight is 278 g/mol. The highest BCUT2D eigenvalue weighted by atomic mass is 35.5. The van der Waals surface area contributed by atoms with Crippen LogP contribution in [0, 0.1) is 6.92 Å². The molecule has 0 spiro atoms. The summed E-state index contributed by atoms with van der Waals surface area (Å²) in [6.07, 6.45) is 1.70. The number of hydrogen-bond acceptors (Lipinski definition) is 3. The molecule has 1 aromatic heterocycles. The average Bonchev–Trinajstić information content (AvgIpc) is 2.31. The summed E-state index contributed by atoms with van der Waals surface area (Å²) in [5.74, 6) is 0.621. The van der Waals surface area contributed by atoms with Gasteiger partial charge in [-0.1, -0.05) is 36.0 Å². The van der Waals surface area contributed by atoms with Crippen molar-refractivity contribution >= 4 is 40.3 Å². The highest BCUT2D eigenvalue weighted by molar-refractivity contribution is 7.80. The monoisotopic (exact) mass is 277 g/mol. The van der Waals surface area contributed by atoms with Crippen LogP contribution < -0.4 is 11.1 Å². The lowest BCUT2D eigenvalue weighted by Crippen LogP contribution is -2.14. The molecule has 5 heteroatoms. The third-order valence-electron chi connectivity index (χ3n) is 2.53. The van der Waals surface area contributed by atoms with Crippen LogP contribution in [0.15, 0.2) is 36.5 Å². The van der Waals surface area contributed by atoms with Crippen LogP contribution >= 0.6 is 23.8 Å². The number of aryl methyl sites for hydroxylation is 1. The molecule has 0 fully saturated rings. The molecule has 0 aliphatic heterocycles. The molecule has 0 atom stereocenters. The Morgan fingerprint density at radius 2 is 2.06 bits per heavy atom. The number of nitrogens with one attached hydrogen (secondary N) is 1. The van der Waals surface area contributed by atoms with Crippen molar-refractivity contribution in [2.75, 3.05) is 5.32 Å². The van der Waals surface area contributed by atoms with Gasteiger partial charge in [0.15, 0.2) is 0 Å². The number of pyridine rings is 1. The third-order valence-corrected chi connectivity index (χ3v) is 3.07. The van der Waals surface area contributed by atoms with E-state index in [2.05, 4.69) is 10.3 Å². The minimum Gasteiger partial charge on any atom is -0.389 e. The number of thiocarbonyl (C=S) groups is 1. The maximum absolute atomic E-state index is 6.09. The topological polar surface area (TPSA) is 50.9 Å². The van der Waals surface area contributed by atoms with Crippen molar-refractivity contribution < 1.29 is 0 Å². The maximum Gasteiger partial charge on any atom is 0.140 e. The molecule has 1 aromatic carbocycles. The van der Waals surface area contributed by atoms with Crippen LogP contribution in [0.3, 0.4) is 0 Å². The van der Waals surface area contributed by atoms with Gasteiger partial charge >= 0.3 is 0 Å². The number of aromatic nitrogens is 1. The van der Waals surface area contributed by atoms with E-state index in [0.29, 0.717) is 15.8 Å². The molecule has 2 aromatic rings. The second kappa shape index (κ2) is 5.33. The predicted molar refractivity (Wildman–Crippen MR) is 79.6 cm³/mol. The van der Waals surface area contributed by atoms with Crippen LogP contribution in [0.1, 0.15) is 11.1 Å². The zero-order valence-corrected chi connectivity index (χ0v) is 11.3. The molecule has 1 heterocycles. The quantitative estimate of drug-likeness (QED) is 0.844. The SMILES string of the molecule is Cc1ccnc(Nc2ccccc2Cl)c1C(N)=S. The summed E-state index contributed by atoms with van der Waals surface area (Å²) in [7, 11) is 0. The van der Waals surface area contributed by atoms with Crippen molar-refractivity contribution in [3.8, 4) is 0 Å². The van der Waals surface area contributed by atoms with Gasteiger partial charge < -0.3 is 11.1 Å². The lowest BCUT2D eigenvalue weighted by Gasteiger charge is -2.13. The molecule has 92 valence electrons. The van der Waals surface area contributed by atoms with Gasteiger partial charge in [-0.05, 0) is 30.7 Å². The van der Waals surface area contributed by atoms with Crippen LogP contribution in [-0.2, 0) is 0 Å². The van der Waals surface area contributed by atoms with Gasteiger partial charge in [-0.2, -0.15) is 0 Å². The number of benzene rings is 1. The van der Waals surface area contributed by atoms with E-state index in [1.165, 1.54) is 0 Å². The summed E-state index contributed by atoms with van der Waals surface area (Å²) in [4.78, 5) is 4.57. The Bertz CT molecular complexity index is 599. The molecular weight excluding hydrogens is 266 g/mol. The third kappa shape index (κ3) is 2.60. The molecule has 0 saturated carbocycles. The fourth-order valence-electron chi connectivity index (χ4n) is 1.65. The summed E-state index contributed by atoms with van der Waals surface area (Å²) in [5, 5.41) is 3.77. The largest absolute Gasteiger partial charge is 0.389 e. The van der Waals surface area contributed by atoms with Crippen molar-refractivity contribution in [3.63, 3.8) is 0 Å². The Morgan fingerprint density at radius 3 is 2.72 bits per heavy atom. The molecule has 0 bridgehead atoms. The number of halogens is 1. The first-order valence-electron chi connectivity index (χ1n) is 5.36. The van der Waals surface area contributed by atoms with Crippen LogP contribution in [-0.4, -0.2) is 9.97 Å². The molecule has 3 nitrogen and oxygen atoms in total. The number of nitrogens with two attached hydrogens (primary N) is 1. The van der Waals surface area contributed by atoms with Gasteiger partial charge in [0.05, 0.1) is 16.3 Å². The minimum absolute atomic E-state index is 0.315. The van der Waals surface area contributed by atoms with Gasteiger partial charge in [-0.25, -0.2) is 4.98 Å². The van der Waals surface area contributed by atoms with Crippen LogP contribution in [0.2, 0.25) is 5.02 Å². The van der Waals surface area contributed by atoms with E-state index in [1.807, 2.05) is 31.2 Å². The standard InChI is InChI=1S/C13H12ClN3S/c1-8-6-7-16-13(11(8)12(15)18)17-10-5-3-2-4-9(10)14/h2-7H,1H3,(H2,15,18)(H,16,17). The van der Waals surface area contributed by atoms with Gasteiger partial charge in [0.1, 0.15) is 10.8 Å². The van der Waals surface area contributed by atoms with Gasteiger partial charge in [0.25, 0.3) is 0 Å². The molecule has 18 heavy (non-hydrogen) atoms. The molecule has 3 N–H and O–H groups in total. The minimum atomic E-state index is 0.315. The number of anilines is 2. The molecule has 0 amide bonds. The second-order valence-corrected chi connectivity index (χ2v) is 4.67. The van der Waals surface area contributed by atoms with Gasteiger partial charge in [0.2, 0.25) is 0 Å². The summed E-state index contributed by atoms with van der Waals surface area (Å²) >= 11 is 11.1. The molecule has 0 aliphatic carbocycles. The van der Waals surface area contributed by atoms with Crippen LogP contribution in [0.4, 0.5) is 11.5 Å². The first kappa shape index (κ1) is 12.8. The molecule has 2 rings (SSSR count). The van der Waals surface area contributed by atoms with Crippen LogP contribution in [0.5, 0.6) is 0 Å². The van der Waals surface area contributed by atoms with Crippen LogP contribution in [0.25, 0.3) is 0 Å². The zero-order valence-electron chi connectivity index (χ0n) is 9.77. The normalized spacial score (nSPS) is 10.1. The lowest BCUT2D eigenvalue weighted by molar-refractivity contribution is 1.26. The number of rotatable bonds is 3. The number of hydrogen-bond donors (Lipinski definition) is 2. The second-order valence-electron chi connectivity index (χ2n) is 3.82. The van der Waals surface area contributed by atoms with Crippen molar-refractivity contribution in [3.05, 3.63) is 52.7 Å². The Morgan fingerprint density at radius 1 is 1.33 bits per heavy atom. The van der Waals surface area contributed by atoms with E-state index in [0.717, 1.165) is 16.8 Å². The van der Waals surface area contributed by atoms with Gasteiger partial charge in [-0.15, -0.1) is 0 Å². The Hall–Kier alpha value is -1.65. The van der Waals surface area contributed by atoms with E-state index in [4.69, 9.17) is 29.6 Å². The first-order chi connectivity index (χ1) is 8.59. The number of para-hydroxylation sites is 1. The summed E-state index contributed by atoms with van der Waals surface area (Å²) in [6, 6.07) is 9.30. The molecular formula is C13H12ClN3S. The summed E-state index contributed by atoms with van der Waals surface area (Å²) in [6.45, 7) is 1.94. The van der Waals surface area contributed by atoms with Crippen molar-refractivity contribution in [2.24, 2.45) is 5.73 Å². The van der Waals surface area contributed by atoms with Gasteiger partial charge in [0, 0.05) is 6.20 Å². The zero-order chi connectivity index (χ0) is 13.1. The summed E-state index contributed by atoms with van der Waals surface area (Å²) in [5.41, 5.74) is 8.22. The maximum atomic E-state index is 6.09. The first-order valence-corrected chi connectivity index (χ1v) is 6.15. The lowest BCUT2D eigenvalue weighted by atomic mass is 10.1.